The highest BCUT2D eigenvalue weighted by molar-refractivity contribution is 6.31. The molecule has 0 saturated heterocycles. The number of carbonyl (C=O) groups excluding carboxylic acids is 2. The van der Waals surface area contributed by atoms with E-state index in [2.05, 4.69) is 15.3 Å². The van der Waals surface area contributed by atoms with Gasteiger partial charge in [0.25, 0.3) is 5.91 Å². The van der Waals surface area contributed by atoms with Crippen molar-refractivity contribution in [3.63, 3.8) is 0 Å². The zero-order valence-corrected chi connectivity index (χ0v) is 14.4. The third kappa shape index (κ3) is 4.15. The van der Waals surface area contributed by atoms with Crippen molar-refractivity contribution in [2.75, 3.05) is 11.9 Å². The predicted octanol–water partition coefficient (Wildman–Crippen LogP) is 1.74. The molecule has 0 bridgehead atoms. The molecule has 0 fully saturated rings. The van der Waals surface area contributed by atoms with Crippen molar-refractivity contribution in [2.45, 2.75) is 19.4 Å². The fourth-order valence-corrected chi connectivity index (χ4v) is 2.82. The highest BCUT2D eigenvalue weighted by Gasteiger charge is 2.24. The van der Waals surface area contributed by atoms with Gasteiger partial charge in [0.15, 0.2) is 0 Å². The topological polar surface area (TPSA) is 112 Å². The first kappa shape index (κ1) is 17.8. The lowest BCUT2D eigenvalue weighted by atomic mass is 10.1. The van der Waals surface area contributed by atoms with Gasteiger partial charge < -0.3 is 10.0 Å². The quantitative estimate of drug-likeness (QED) is 0.788. The summed E-state index contributed by atoms with van der Waals surface area (Å²) >= 11 is 5.88. The van der Waals surface area contributed by atoms with E-state index in [1.54, 1.807) is 24.3 Å². The van der Waals surface area contributed by atoms with Crippen LogP contribution < -0.4 is 5.32 Å². The van der Waals surface area contributed by atoms with Gasteiger partial charge in [-0.3, -0.25) is 19.7 Å². The van der Waals surface area contributed by atoms with E-state index in [-0.39, 0.29) is 18.4 Å². The first-order chi connectivity index (χ1) is 12.4. The SMILES string of the molecule is O=C(O)CC(=O)N1CCc2nc(NC(=O)c3cccc(Cl)c3)ncc2C1. The molecule has 2 N–H and O–H groups in total. The molecule has 0 spiro atoms. The van der Waals surface area contributed by atoms with E-state index in [1.165, 1.54) is 11.1 Å². The van der Waals surface area contributed by atoms with Gasteiger partial charge in [-0.15, -0.1) is 0 Å². The first-order valence-corrected chi connectivity index (χ1v) is 8.21. The van der Waals surface area contributed by atoms with Gasteiger partial charge in [-0.1, -0.05) is 17.7 Å². The van der Waals surface area contributed by atoms with E-state index in [1.807, 2.05) is 0 Å². The van der Waals surface area contributed by atoms with Gasteiger partial charge >= 0.3 is 5.97 Å². The number of aromatic nitrogens is 2. The zero-order chi connectivity index (χ0) is 18.7. The van der Waals surface area contributed by atoms with Crippen LogP contribution in [-0.2, 0) is 22.6 Å². The van der Waals surface area contributed by atoms with Crippen LogP contribution in [0.15, 0.2) is 30.5 Å². The molecule has 2 aromatic rings. The summed E-state index contributed by atoms with van der Waals surface area (Å²) in [6, 6.07) is 6.52. The molecule has 0 saturated carbocycles. The molecular formula is C17H15ClN4O4. The number of benzene rings is 1. The lowest BCUT2D eigenvalue weighted by Crippen LogP contribution is -2.37. The Labute approximate surface area is 153 Å². The van der Waals surface area contributed by atoms with Crippen molar-refractivity contribution in [1.29, 1.82) is 0 Å². The van der Waals surface area contributed by atoms with E-state index in [0.717, 1.165) is 11.3 Å². The fraction of sp³-hybridized carbons (Fsp3) is 0.235. The van der Waals surface area contributed by atoms with Crippen LogP contribution in [0, 0.1) is 0 Å². The Bertz CT molecular complexity index is 887. The molecule has 2 heterocycles. The third-order valence-electron chi connectivity index (χ3n) is 3.90. The molecule has 26 heavy (non-hydrogen) atoms. The van der Waals surface area contributed by atoms with Crippen molar-refractivity contribution in [3.05, 3.63) is 52.3 Å². The molecule has 3 rings (SSSR count). The summed E-state index contributed by atoms with van der Waals surface area (Å²) in [6.45, 7) is 0.627. The number of halogens is 1. The van der Waals surface area contributed by atoms with Crippen molar-refractivity contribution < 1.29 is 19.5 Å². The molecule has 1 aromatic carbocycles. The van der Waals surface area contributed by atoms with E-state index < -0.39 is 18.3 Å². The molecule has 9 heteroatoms. The van der Waals surface area contributed by atoms with E-state index >= 15 is 0 Å². The number of carboxylic acids is 1. The molecule has 8 nitrogen and oxygen atoms in total. The minimum atomic E-state index is -1.16. The second-order valence-corrected chi connectivity index (χ2v) is 6.20. The molecule has 1 aromatic heterocycles. The Morgan fingerprint density at radius 3 is 2.85 bits per heavy atom. The number of amides is 2. The molecule has 0 radical (unpaired) electrons. The molecule has 1 aliphatic heterocycles. The van der Waals surface area contributed by atoms with Crippen LogP contribution in [0.25, 0.3) is 0 Å². The number of aliphatic carboxylic acids is 1. The number of carbonyl (C=O) groups is 3. The number of fused-ring (bicyclic) bond motifs is 1. The maximum atomic E-state index is 12.2. The van der Waals surface area contributed by atoms with Crippen LogP contribution in [0.4, 0.5) is 5.95 Å². The summed E-state index contributed by atoms with van der Waals surface area (Å²) in [7, 11) is 0. The lowest BCUT2D eigenvalue weighted by molar-refractivity contribution is -0.144. The van der Waals surface area contributed by atoms with Crippen LogP contribution in [0.5, 0.6) is 0 Å². The smallest absolute Gasteiger partial charge is 0.312 e. The van der Waals surface area contributed by atoms with Crippen LogP contribution in [-0.4, -0.2) is 44.3 Å². The van der Waals surface area contributed by atoms with Crippen LogP contribution in [0.2, 0.25) is 5.02 Å². The summed E-state index contributed by atoms with van der Waals surface area (Å²) in [4.78, 5) is 44.6. The third-order valence-corrected chi connectivity index (χ3v) is 4.14. The fourth-order valence-electron chi connectivity index (χ4n) is 2.63. The Morgan fingerprint density at radius 2 is 2.12 bits per heavy atom. The molecule has 0 atom stereocenters. The normalized spacial score (nSPS) is 13.0. The van der Waals surface area contributed by atoms with Crippen molar-refractivity contribution >= 4 is 35.3 Å². The lowest BCUT2D eigenvalue weighted by Gasteiger charge is -2.27. The minimum absolute atomic E-state index is 0.166. The van der Waals surface area contributed by atoms with Gasteiger partial charge in [0.1, 0.15) is 6.42 Å². The molecule has 0 aliphatic carbocycles. The molecule has 1 aliphatic rings. The van der Waals surface area contributed by atoms with Crippen molar-refractivity contribution in [3.8, 4) is 0 Å². The second-order valence-electron chi connectivity index (χ2n) is 5.77. The van der Waals surface area contributed by atoms with Crippen LogP contribution in [0.3, 0.4) is 0 Å². The van der Waals surface area contributed by atoms with Gasteiger partial charge in [-0.2, -0.15) is 0 Å². The number of anilines is 1. The van der Waals surface area contributed by atoms with Crippen molar-refractivity contribution in [1.82, 2.24) is 14.9 Å². The molecule has 2 amide bonds. The highest BCUT2D eigenvalue weighted by atomic mass is 35.5. The average Bonchev–Trinajstić information content (AvgIpc) is 2.60. The average molecular weight is 375 g/mol. The van der Waals surface area contributed by atoms with Crippen molar-refractivity contribution in [2.24, 2.45) is 0 Å². The van der Waals surface area contributed by atoms with Gasteiger partial charge in [-0.05, 0) is 18.2 Å². The Morgan fingerprint density at radius 1 is 1.31 bits per heavy atom. The standard InChI is InChI=1S/C17H15ClN4O4/c18-12-3-1-2-10(6-12)16(26)21-17-19-8-11-9-22(5-4-13(11)20-17)14(23)7-15(24)25/h1-3,6,8H,4-5,7,9H2,(H,24,25)(H,19,20,21,26). The minimum Gasteiger partial charge on any atom is -0.481 e. The second kappa shape index (κ2) is 7.49. The molecule has 0 unspecified atom stereocenters. The zero-order valence-electron chi connectivity index (χ0n) is 13.6. The number of rotatable bonds is 4. The highest BCUT2D eigenvalue weighted by Crippen LogP contribution is 2.19. The molecular weight excluding hydrogens is 360 g/mol. The van der Waals surface area contributed by atoms with Gasteiger partial charge in [0, 0.05) is 41.9 Å². The number of nitrogens with zero attached hydrogens (tertiary/aromatic N) is 3. The summed E-state index contributed by atoms with van der Waals surface area (Å²) in [5.41, 5.74) is 1.85. The maximum absolute atomic E-state index is 12.2. The summed E-state index contributed by atoms with van der Waals surface area (Å²) in [6.07, 6.45) is 1.46. The Balaban J connectivity index is 1.69. The number of carboxylic acid groups (broad SMARTS) is 1. The number of nitrogens with one attached hydrogen (secondary N) is 1. The Kier molecular flexibility index (Phi) is 5.13. The van der Waals surface area contributed by atoms with Gasteiger partial charge in [0.05, 0.1) is 5.69 Å². The van der Waals surface area contributed by atoms with E-state index in [4.69, 9.17) is 16.7 Å². The van der Waals surface area contributed by atoms with Gasteiger partial charge in [0.2, 0.25) is 11.9 Å². The largest absolute Gasteiger partial charge is 0.481 e. The number of hydrogen-bond donors (Lipinski definition) is 2. The summed E-state index contributed by atoms with van der Waals surface area (Å²) in [5.74, 6) is -1.81. The summed E-state index contributed by atoms with van der Waals surface area (Å²) < 4.78 is 0. The van der Waals surface area contributed by atoms with Crippen LogP contribution in [0.1, 0.15) is 28.0 Å². The first-order valence-electron chi connectivity index (χ1n) is 7.83. The maximum Gasteiger partial charge on any atom is 0.312 e. The van der Waals surface area contributed by atoms with Gasteiger partial charge in [-0.25, -0.2) is 9.97 Å². The Hall–Kier alpha value is -3.00. The molecule has 134 valence electrons. The van der Waals surface area contributed by atoms with Crippen LogP contribution >= 0.6 is 11.6 Å². The van der Waals surface area contributed by atoms with E-state index in [9.17, 15) is 14.4 Å². The monoisotopic (exact) mass is 374 g/mol. The van der Waals surface area contributed by atoms with E-state index in [0.29, 0.717) is 23.6 Å². The number of hydrogen-bond acceptors (Lipinski definition) is 5. The predicted molar refractivity (Wildman–Crippen MR) is 92.8 cm³/mol. The summed E-state index contributed by atoms with van der Waals surface area (Å²) in [5, 5.41) is 11.8.